The highest BCUT2D eigenvalue weighted by atomic mass is 35.5. The van der Waals surface area contributed by atoms with Gasteiger partial charge in [-0.15, -0.1) is 0 Å². The Morgan fingerprint density at radius 2 is 2.05 bits per heavy atom. The minimum Gasteiger partial charge on any atom is -0.383 e. The molecule has 110 valence electrons. The van der Waals surface area contributed by atoms with Crippen LogP contribution in [0.1, 0.15) is 29.9 Å². The Morgan fingerprint density at radius 1 is 1.24 bits per heavy atom. The number of anilines is 1. The molecule has 1 aliphatic heterocycles. The summed E-state index contributed by atoms with van der Waals surface area (Å²) < 4.78 is 0. The monoisotopic (exact) mass is 301 g/mol. The van der Waals surface area contributed by atoms with Gasteiger partial charge < -0.3 is 5.73 Å². The molecule has 0 aliphatic carbocycles. The van der Waals surface area contributed by atoms with Crippen LogP contribution < -0.4 is 5.73 Å². The van der Waals surface area contributed by atoms with Gasteiger partial charge in [0.25, 0.3) is 0 Å². The van der Waals surface area contributed by atoms with Gasteiger partial charge in [-0.3, -0.25) is 4.90 Å². The molecular weight excluding hydrogens is 282 g/mol. The van der Waals surface area contributed by atoms with Crippen LogP contribution in [0.3, 0.4) is 0 Å². The van der Waals surface area contributed by atoms with E-state index >= 15 is 0 Å². The largest absolute Gasteiger partial charge is 0.383 e. The second-order valence-corrected chi connectivity index (χ2v) is 6.11. The van der Waals surface area contributed by atoms with Gasteiger partial charge in [-0.2, -0.15) is 0 Å². The van der Waals surface area contributed by atoms with E-state index in [-0.39, 0.29) is 0 Å². The van der Waals surface area contributed by atoms with Crippen molar-refractivity contribution in [1.29, 1.82) is 0 Å². The molecule has 1 atom stereocenters. The van der Waals surface area contributed by atoms with E-state index in [0.29, 0.717) is 11.7 Å². The fourth-order valence-corrected chi connectivity index (χ4v) is 3.16. The highest BCUT2D eigenvalue weighted by Crippen LogP contribution is 2.28. The average Bonchev–Trinajstić information content (AvgIpc) is 2.51. The molecule has 4 heteroatoms. The lowest BCUT2D eigenvalue weighted by Gasteiger charge is -2.33. The van der Waals surface area contributed by atoms with E-state index in [9.17, 15) is 0 Å². The fourth-order valence-electron chi connectivity index (χ4n) is 3.03. The molecule has 2 heterocycles. The molecule has 1 aromatic carbocycles. The maximum absolute atomic E-state index is 5.97. The Hall–Kier alpha value is -1.58. The smallest absolute Gasteiger partial charge is 0.127 e. The summed E-state index contributed by atoms with van der Waals surface area (Å²) in [5.41, 5.74) is 8.45. The van der Waals surface area contributed by atoms with Crippen LogP contribution in [0.15, 0.2) is 42.6 Å². The molecule has 0 saturated carbocycles. The normalized spacial score (nSPS) is 19.6. The third kappa shape index (κ3) is 3.55. The minimum atomic E-state index is 0.578. The molecule has 2 N–H and O–H groups in total. The first kappa shape index (κ1) is 14.4. The van der Waals surface area contributed by atoms with Crippen LogP contribution in [-0.4, -0.2) is 23.0 Å². The van der Waals surface area contributed by atoms with Crippen LogP contribution in [0.4, 0.5) is 5.82 Å². The van der Waals surface area contributed by atoms with Crippen LogP contribution in [-0.2, 0) is 6.54 Å². The van der Waals surface area contributed by atoms with Crippen molar-refractivity contribution in [1.82, 2.24) is 9.88 Å². The van der Waals surface area contributed by atoms with Gasteiger partial charge in [0.05, 0.1) is 0 Å². The standard InChI is InChI=1S/C17H20ClN3/c18-16-7-5-13(6-8-16)14-4-2-10-21(11-14)12-15-3-1-9-20-17(15)19/h1,3,5-9,14H,2,4,10-12H2,(H2,19,20). The molecule has 3 rings (SSSR count). The first-order valence-corrected chi connectivity index (χ1v) is 7.77. The highest BCUT2D eigenvalue weighted by Gasteiger charge is 2.21. The van der Waals surface area contributed by atoms with Crippen molar-refractivity contribution in [2.45, 2.75) is 25.3 Å². The molecule has 1 unspecified atom stereocenters. The van der Waals surface area contributed by atoms with Crippen molar-refractivity contribution in [2.24, 2.45) is 0 Å². The number of aromatic nitrogens is 1. The van der Waals surface area contributed by atoms with Crippen molar-refractivity contribution < 1.29 is 0 Å². The topological polar surface area (TPSA) is 42.1 Å². The van der Waals surface area contributed by atoms with Crippen molar-refractivity contribution in [3.63, 3.8) is 0 Å². The lowest BCUT2D eigenvalue weighted by molar-refractivity contribution is 0.200. The molecular formula is C17H20ClN3. The van der Waals surface area contributed by atoms with Gasteiger partial charge in [-0.05, 0) is 49.1 Å². The van der Waals surface area contributed by atoms with Crippen molar-refractivity contribution >= 4 is 17.4 Å². The summed E-state index contributed by atoms with van der Waals surface area (Å²) in [6, 6.07) is 12.3. The molecule has 1 saturated heterocycles. The van der Waals surface area contributed by atoms with E-state index in [2.05, 4.69) is 28.1 Å². The molecule has 1 aliphatic rings. The number of hydrogen-bond donors (Lipinski definition) is 1. The van der Waals surface area contributed by atoms with Crippen molar-refractivity contribution in [3.8, 4) is 0 Å². The molecule has 1 fully saturated rings. The number of hydrogen-bond acceptors (Lipinski definition) is 3. The Morgan fingerprint density at radius 3 is 2.81 bits per heavy atom. The number of pyridine rings is 1. The summed E-state index contributed by atoms with van der Waals surface area (Å²) in [5.74, 6) is 1.22. The summed E-state index contributed by atoms with van der Waals surface area (Å²) in [6.07, 6.45) is 4.19. The summed E-state index contributed by atoms with van der Waals surface area (Å²) in [7, 11) is 0. The predicted molar refractivity (Wildman–Crippen MR) is 87.4 cm³/mol. The van der Waals surface area contributed by atoms with Gasteiger partial charge in [-0.25, -0.2) is 4.98 Å². The second-order valence-electron chi connectivity index (χ2n) is 5.67. The predicted octanol–water partition coefficient (Wildman–Crippen LogP) is 3.70. The number of nitrogens with two attached hydrogens (primary N) is 1. The molecule has 3 nitrogen and oxygen atoms in total. The van der Waals surface area contributed by atoms with E-state index in [1.54, 1.807) is 6.20 Å². The molecule has 0 radical (unpaired) electrons. The van der Waals surface area contributed by atoms with E-state index in [1.807, 2.05) is 18.2 Å². The quantitative estimate of drug-likeness (QED) is 0.940. The SMILES string of the molecule is Nc1ncccc1CN1CCCC(c2ccc(Cl)cc2)C1. The highest BCUT2D eigenvalue weighted by molar-refractivity contribution is 6.30. The molecule has 1 aromatic heterocycles. The molecule has 0 spiro atoms. The van der Waals surface area contributed by atoms with Crippen LogP contribution in [0.2, 0.25) is 5.02 Å². The van der Waals surface area contributed by atoms with Crippen molar-refractivity contribution in [3.05, 3.63) is 58.7 Å². The number of rotatable bonds is 3. The third-order valence-electron chi connectivity index (χ3n) is 4.17. The zero-order valence-corrected chi connectivity index (χ0v) is 12.8. The van der Waals surface area contributed by atoms with Gasteiger partial charge >= 0.3 is 0 Å². The Labute approximate surface area is 130 Å². The van der Waals surface area contributed by atoms with Gasteiger partial charge in [0.15, 0.2) is 0 Å². The van der Waals surface area contributed by atoms with Gasteiger partial charge in [-0.1, -0.05) is 29.8 Å². The number of benzene rings is 1. The second kappa shape index (κ2) is 6.46. The van der Waals surface area contributed by atoms with E-state index < -0.39 is 0 Å². The zero-order valence-electron chi connectivity index (χ0n) is 12.0. The Balaban J connectivity index is 1.68. The molecule has 0 amide bonds. The molecule has 21 heavy (non-hydrogen) atoms. The number of likely N-dealkylation sites (tertiary alicyclic amines) is 1. The van der Waals surface area contributed by atoms with Gasteiger partial charge in [0.1, 0.15) is 5.82 Å². The minimum absolute atomic E-state index is 0.578. The summed E-state index contributed by atoms with van der Waals surface area (Å²) >= 11 is 5.97. The number of halogens is 1. The number of nitrogen functional groups attached to an aromatic ring is 1. The zero-order chi connectivity index (χ0) is 14.7. The van der Waals surface area contributed by atoms with Crippen LogP contribution >= 0.6 is 11.6 Å². The van der Waals surface area contributed by atoms with Gasteiger partial charge in [0.2, 0.25) is 0 Å². The van der Waals surface area contributed by atoms with Crippen LogP contribution in [0.5, 0.6) is 0 Å². The maximum Gasteiger partial charge on any atom is 0.127 e. The summed E-state index contributed by atoms with van der Waals surface area (Å²) in [5, 5.41) is 0.801. The Bertz CT molecular complexity index is 597. The lowest BCUT2D eigenvalue weighted by atomic mass is 9.90. The van der Waals surface area contributed by atoms with E-state index in [1.165, 1.54) is 18.4 Å². The van der Waals surface area contributed by atoms with Crippen LogP contribution in [0.25, 0.3) is 0 Å². The maximum atomic E-state index is 5.97. The van der Waals surface area contributed by atoms with Crippen molar-refractivity contribution in [2.75, 3.05) is 18.8 Å². The summed E-state index contributed by atoms with van der Waals surface area (Å²) in [4.78, 5) is 6.64. The van der Waals surface area contributed by atoms with E-state index in [0.717, 1.165) is 30.2 Å². The fraction of sp³-hybridized carbons (Fsp3) is 0.353. The molecule has 0 bridgehead atoms. The lowest BCUT2D eigenvalue weighted by Crippen LogP contribution is -2.34. The Kier molecular flexibility index (Phi) is 4.42. The summed E-state index contributed by atoms with van der Waals surface area (Å²) in [6.45, 7) is 3.07. The van der Waals surface area contributed by atoms with Crippen LogP contribution in [0, 0.1) is 0 Å². The third-order valence-corrected chi connectivity index (χ3v) is 4.42. The average molecular weight is 302 g/mol. The van der Waals surface area contributed by atoms with E-state index in [4.69, 9.17) is 17.3 Å². The first-order valence-electron chi connectivity index (χ1n) is 7.39. The molecule has 2 aromatic rings. The van der Waals surface area contributed by atoms with Gasteiger partial charge in [0, 0.05) is 29.9 Å². The number of piperidine rings is 1. The number of nitrogens with zero attached hydrogens (tertiary/aromatic N) is 2. The first-order chi connectivity index (χ1) is 10.2.